The highest BCUT2D eigenvalue weighted by atomic mass is 32.1. The van der Waals surface area contributed by atoms with Gasteiger partial charge in [-0.15, -0.1) is 5.10 Å². The summed E-state index contributed by atoms with van der Waals surface area (Å²) in [7, 11) is 0. The van der Waals surface area contributed by atoms with Crippen LogP contribution in [0.25, 0.3) is 4.96 Å². The molecular weight excluding hydrogens is 296 g/mol. The molecule has 1 atom stereocenters. The first kappa shape index (κ1) is 13.8. The number of imidazole rings is 1. The highest BCUT2D eigenvalue weighted by Gasteiger charge is 2.26. The molecule has 4 heterocycles. The number of hydrogen-bond acceptors (Lipinski definition) is 5. The first-order valence-electron chi connectivity index (χ1n) is 7.77. The van der Waals surface area contributed by atoms with Crippen molar-refractivity contribution >= 4 is 21.4 Å². The van der Waals surface area contributed by atoms with Crippen LogP contribution in [-0.2, 0) is 6.54 Å². The zero-order valence-corrected chi connectivity index (χ0v) is 13.8. The van der Waals surface area contributed by atoms with Crippen LogP contribution in [0.1, 0.15) is 30.5 Å². The van der Waals surface area contributed by atoms with Crippen LogP contribution in [0, 0.1) is 13.8 Å². The highest BCUT2D eigenvalue weighted by Crippen LogP contribution is 2.29. The molecule has 3 aromatic heterocycles. The predicted octanol–water partition coefficient (Wildman–Crippen LogP) is 2.66. The third-order valence-electron chi connectivity index (χ3n) is 4.19. The third kappa shape index (κ3) is 2.49. The molecule has 4 rings (SSSR count). The summed E-state index contributed by atoms with van der Waals surface area (Å²) < 4.78 is 3.96. The number of aryl methyl sites for hydroxylation is 2. The van der Waals surface area contributed by atoms with Crippen LogP contribution in [0.3, 0.4) is 0 Å². The van der Waals surface area contributed by atoms with Crippen molar-refractivity contribution in [1.29, 1.82) is 0 Å². The van der Waals surface area contributed by atoms with Crippen molar-refractivity contribution in [2.45, 2.75) is 45.7 Å². The zero-order chi connectivity index (χ0) is 15.1. The van der Waals surface area contributed by atoms with E-state index in [1.807, 2.05) is 23.8 Å². The molecule has 0 bridgehead atoms. The van der Waals surface area contributed by atoms with Gasteiger partial charge in [-0.1, -0.05) is 11.3 Å². The van der Waals surface area contributed by atoms with E-state index in [1.165, 1.54) is 24.8 Å². The Labute approximate surface area is 133 Å². The fourth-order valence-electron chi connectivity index (χ4n) is 3.14. The van der Waals surface area contributed by atoms with E-state index < -0.39 is 0 Å². The lowest BCUT2D eigenvalue weighted by Crippen LogP contribution is -2.42. The maximum absolute atomic E-state index is 4.72. The first-order chi connectivity index (χ1) is 10.7. The molecule has 0 spiro atoms. The SMILES string of the molecule is Cc1cnn(C[C@@H]2CCCCN2c2nn3cc(C)nc3s2)c1. The molecule has 0 amide bonds. The molecule has 0 saturated carbocycles. The number of nitrogens with zero attached hydrogens (tertiary/aromatic N) is 6. The van der Waals surface area contributed by atoms with E-state index in [-0.39, 0.29) is 0 Å². The molecule has 0 radical (unpaired) electrons. The lowest BCUT2D eigenvalue weighted by molar-refractivity contribution is 0.397. The Morgan fingerprint density at radius 3 is 2.95 bits per heavy atom. The lowest BCUT2D eigenvalue weighted by Gasteiger charge is -2.35. The van der Waals surface area contributed by atoms with Gasteiger partial charge in [-0.25, -0.2) is 9.50 Å². The quantitative estimate of drug-likeness (QED) is 0.745. The Hall–Kier alpha value is -1.89. The van der Waals surface area contributed by atoms with E-state index in [4.69, 9.17) is 5.10 Å². The van der Waals surface area contributed by atoms with E-state index in [0.29, 0.717) is 6.04 Å². The van der Waals surface area contributed by atoms with Crippen molar-refractivity contribution in [3.63, 3.8) is 0 Å². The second-order valence-electron chi connectivity index (χ2n) is 6.08. The topological polar surface area (TPSA) is 51.2 Å². The Bertz CT molecular complexity index is 754. The minimum atomic E-state index is 0.463. The van der Waals surface area contributed by atoms with Gasteiger partial charge in [0.25, 0.3) is 0 Å². The molecule has 1 fully saturated rings. The lowest BCUT2D eigenvalue weighted by atomic mass is 10.0. The van der Waals surface area contributed by atoms with E-state index >= 15 is 0 Å². The largest absolute Gasteiger partial charge is 0.342 e. The average Bonchev–Trinajstić information content (AvgIpc) is 3.14. The second kappa shape index (κ2) is 5.39. The molecule has 0 unspecified atom stereocenters. The minimum Gasteiger partial charge on any atom is -0.342 e. The van der Waals surface area contributed by atoms with Gasteiger partial charge in [0, 0.05) is 12.7 Å². The standard InChI is InChI=1S/C15H20N6S/c1-11-7-16-19(8-11)10-13-5-3-4-6-20(13)15-18-21-9-12(2)17-14(21)22-15/h7-9,13H,3-6,10H2,1-2H3/t13-/m0/s1. The zero-order valence-electron chi connectivity index (χ0n) is 12.9. The molecule has 6 nitrogen and oxygen atoms in total. The maximum Gasteiger partial charge on any atom is 0.214 e. The van der Waals surface area contributed by atoms with Crippen molar-refractivity contribution in [2.75, 3.05) is 11.4 Å². The third-order valence-corrected chi connectivity index (χ3v) is 5.15. The summed E-state index contributed by atoms with van der Waals surface area (Å²) in [6.07, 6.45) is 9.74. The van der Waals surface area contributed by atoms with Crippen molar-refractivity contribution in [3.8, 4) is 0 Å². The molecular formula is C15H20N6S. The summed E-state index contributed by atoms with van der Waals surface area (Å²) in [5, 5.41) is 10.2. The van der Waals surface area contributed by atoms with Gasteiger partial charge in [0.05, 0.1) is 30.7 Å². The molecule has 0 aromatic carbocycles. The van der Waals surface area contributed by atoms with Crippen LogP contribution in [-0.4, -0.2) is 37.0 Å². The van der Waals surface area contributed by atoms with Crippen LogP contribution < -0.4 is 4.90 Å². The number of piperidine rings is 1. The summed E-state index contributed by atoms with van der Waals surface area (Å²) in [6, 6.07) is 0.463. The van der Waals surface area contributed by atoms with Crippen LogP contribution in [0.4, 0.5) is 5.13 Å². The number of rotatable bonds is 3. The summed E-state index contributed by atoms with van der Waals surface area (Å²) in [4.78, 5) is 7.93. The van der Waals surface area contributed by atoms with Gasteiger partial charge in [0.2, 0.25) is 10.1 Å². The Kier molecular flexibility index (Phi) is 3.37. The van der Waals surface area contributed by atoms with Crippen molar-refractivity contribution < 1.29 is 0 Å². The molecule has 116 valence electrons. The van der Waals surface area contributed by atoms with Crippen molar-refractivity contribution in [1.82, 2.24) is 24.4 Å². The first-order valence-corrected chi connectivity index (χ1v) is 8.59. The monoisotopic (exact) mass is 316 g/mol. The fourth-order valence-corrected chi connectivity index (χ4v) is 4.17. The van der Waals surface area contributed by atoms with Crippen LogP contribution >= 0.6 is 11.3 Å². The number of fused-ring (bicyclic) bond motifs is 1. The minimum absolute atomic E-state index is 0.463. The Balaban J connectivity index is 1.60. The summed E-state index contributed by atoms with van der Waals surface area (Å²) in [6.45, 7) is 6.08. The van der Waals surface area contributed by atoms with Gasteiger partial charge in [-0.3, -0.25) is 4.68 Å². The Morgan fingerprint density at radius 2 is 2.18 bits per heavy atom. The van der Waals surface area contributed by atoms with E-state index in [0.717, 1.165) is 28.9 Å². The molecule has 22 heavy (non-hydrogen) atoms. The van der Waals surface area contributed by atoms with Crippen molar-refractivity contribution in [3.05, 3.63) is 29.8 Å². The number of anilines is 1. The van der Waals surface area contributed by atoms with Gasteiger partial charge >= 0.3 is 0 Å². The number of hydrogen-bond donors (Lipinski definition) is 0. The van der Waals surface area contributed by atoms with E-state index in [9.17, 15) is 0 Å². The molecule has 1 aliphatic rings. The average molecular weight is 316 g/mol. The fraction of sp³-hybridized carbons (Fsp3) is 0.533. The van der Waals surface area contributed by atoms with Crippen LogP contribution in [0.2, 0.25) is 0 Å². The van der Waals surface area contributed by atoms with E-state index in [2.05, 4.69) is 32.8 Å². The van der Waals surface area contributed by atoms with Crippen LogP contribution in [0.15, 0.2) is 18.6 Å². The molecule has 0 aliphatic carbocycles. The Morgan fingerprint density at radius 1 is 1.27 bits per heavy atom. The summed E-state index contributed by atoms with van der Waals surface area (Å²) in [5.41, 5.74) is 2.23. The van der Waals surface area contributed by atoms with Gasteiger partial charge in [-0.05, 0) is 38.7 Å². The molecule has 7 heteroatoms. The molecule has 3 aromatic rings. The smallest absolute Gasteiger partial charge is 0.214 e. The molecule has 1 aliphatic heterocycles. The summed E-state index contributed by atoms with van der Waals surface area (Å²) >= 11 is 1.68. The second-order valence-corrected chi connectivity index (χ2v) is 7.01. The van der Waals surface area contributed by atoms with Gasteiger partial charge < -0.3 is 4.90 Å². The maximum atomic E-state index is 4.72. The molecule has 0 N–H and O–H groups in total. The highest BCUT2D eigenvalue weighted by molar-refractivity contribution is 7.20. The van der Waals surface area contributed by atoms with Gasteiger partial charge in [-0.2, -0.15) is 5.10 Å². The molecule has 1 saturated heterocycles. The predicted molar refractivity (Wildman–Crippen MR) is 87.6 cm³/mol. The number of aromatic nitrogens is 5. The van der Waals surface area contributed by atoms with Crippen molar-refractivity contribution in [2.24, 2.45) is 0 Å². The summed E-state index contributed by atoms with van der Waals surface area (Å²) in [5.74, 6) is 0. The van der Waals surface area contributed by atoms with Gasteiger partial charge in [0.15, 0.2) is 0 Å². The van der Waals surface area contributed by atoms with E-state index in [1.54, 1.807) is 11.3 Å². The van der Waals surface area contributed by atoms with Crippen LogP contribution in [0.5, 0.6) is 0 Å². The normalized spacial score (nSPS) is 19.2. The van der Waals surface area contributed by atoms with Gasteiger partial charge in [0.1, 0.15) is 0 Å².